The molecule has 1 aliphatic heterocycles. The highest BCUT2D eigenvalue weighted by atomic mass is 16.5. The van der Waals surface area contributed by atoms with Crippen LogP contribution < -0.4 is 15.4 Å². The Bertz CT molecular complexity index is 698. The van der Waals surface area contributed by atoms with Crippen LogP contribution in [0.3, 0.4) is 0 Å². The van der Waals surface area contributed by atoms with Gasteiger partial charge in [-0.05, 0) is 40.8 Å². The fraction of sp³-hybridized carbons (Fsp3) is 0.316. The monoisotopic (exact) mass is 310 g/mol. The van der Waals surface area contributed by atoms with Gasteiger partial charge in [0.1, 0.15) is 5.75 Å². The number of hydrogen-bond donors (Lipinski definition) is 2. The first-order valence-corrected chi connectivity index (χ1v) is 7.95. The van der Waals surface area contributed by atoms with Crippen LogP contribution >= 0.6 is 0 Å². The number of rotatable bonds is 6. The lowest BCUT2D eigenvalue weighted by Crippen LogP contribution is -2.23. The molecular formula is C19H22N2O2. The number of benzene rings is 2. The fourth-order valence-corrected chi connectivity index (χ4v) is 2.83. The van der Waals surface area contributed by atoms with Crippen LogP contribution in [-0.4, -0.2) is 13.0 Å². The number of hydrogen-bond acceptors (Lipinski definition) is 3. The van der Waals surface area contributed by atoms with Gasteiger partial charge < -0.3 is 15.4 Å². The summed E-state index contributed by atoms with van der Waals surface area (Å²) in [7, 11) is 1.65. The average Bonchev–Trinajstić information content (AvgIpc) is 3.06. The van der Waals surface area contributed by atoms with Gasteiger partial charge in [-0.2, -0.15) is 0 Å². The standard InChI is InChI=1S/C19H22N2O2/c1-23-18-4-2-3-14(10-18)6-8-19(22)21-11-15-5-7-16-12-20-13-17(16)9-15/h2-5,7,9-10,20H,6,8,11-13H2,1H3,(H,21,22). The average molecular weight is 310 g/mol. The number of ether oxygens (including phenoxy) is 1. The summed E-state index contributed by atoms with van der Waals surface area (Å²) >= 11 is 0. The smallest absolute Gasteiger partial charge is 0.220 e. The molecule has 0 aliphatic carbocycles. The van der Waals surface area contributed by atoms with Crippen molar-refractivity contribution in [3.63, 3.8) is 0 Å². The van der Waals surface area contributed by atoms with Crippen LogP contribution in [0.1, 0.15) is 28.7 Å². The summed E-state index contributed by atoms with van der Waals surface area (Å²) in [6, 6.07) is 14.3. The Morgan fingerprint density at radius 3 is 2.87 bits per heavy atom. The number of carbonyl (C=O) groups excluding carboxylic acids is 1. The zero-order valence-corrected chi connectivity index (χ0v) is 13.4. The third-order valence-electron chi connectivity index (χ3n) is 4.17. The van der Waals surface area contributed by atoms with E-state index < -0.39 is 0 Å². The Hall–Kier alpha value is -2.33. The summed E-state index contributed by atoms with van der Waals surface area (Å²) in [5.41, 5.74) is 4.97. The predicted octanol–water partition coefficient (Wildman–Crippen LogP) is 2.55. The highest BCUT2D eigenvalue weighted by Gasteiger charge is 2.10. The van der Waals surface area contributed by atoms with Gasteiger partial charge in [0.05, 0.1) is 7.11 Å². The molecule has 0 saturated heterocycles. The Morgan fingerprint density at radius 1 is 1.13 bits per heavy atom. The van der Waals surface area contributed by atoms with E-state index >= 15 is 0 Å². The van der Waals surface area contributed by atoms with E-state index in [0.29, 0.717) is 13.0 Å². The van der Waals surface area contributed by atoms with E-state index in [9.17, 15) is 4.79 Å². The van der Waals surface area contributed by atoms with Crippen molar-refractivity contribution in [1.82, 2.24) is 10.6 Å². The molecule has 3 rings (SSSR count). The van der Waals surface area contributed by atoms with Crippen LogP contribution in [-0.2, 0) is 30.8 Å². The molecule has 1 aliphatic rings. The molecule has 1 amide bonds. The van der Waals surface area contributed by atoms with Crippen molar-refractivity contribution in [1.29, 1.82) is 0 Å². The van der Waals surface area contributed by atoms with E-state index in [0.717, 1.165) is 36.4 Å². The van der Waals surface area contributed by atoms with E-state index in [2.05, 4.69) is 28.8 Å². The van der Waals surface area contributed by atoms with Gasteiger partial charge in [0, 0.05) is 26.1 Å². The summed E-state index contributed by atoms with van der Waals surface area (Å²) in [4.78, 5) is 12.0. The first-order valence-electron chi connectivity index (χ1n) is 7.95. The number of nitrogens with one attached hydrogen (secondary N) is 2. The lowest BCUT2D eigenvalue weighted by molar-refractivity contribution is -0.121. The molecule has 4 heteroatoms. The van der Waals surface area contributed by atoms with Gasteiger partial charge in [0.15, 0.2) is 0 Å². The Morgan fingerprint density at radius 2 is 2.00 bits per heavy atom. The van der Waals surface area contributed by atoms with Gasteiger partial charge in [-0.3, -0.25) is 4.79 Å². The third-order valence-corrected chi connectivity index (χ3v) is 4.17. The van der Waals surface area contributed by atoms with Crippen molar-refractivity contribution in [2.75, 3.05) is 7.11 Å². The predicted molar refractivity (Wildman–Crippen MR) is 90.1 cm³/mol. The summed E-state index contributed by atoms with van der Waals surface area (Å²) in [5, 5.41) is 6.33. The van der Waals surface area contributed by atoms with Crippen molar-refractivity contribution in [3.05, 3.63) is 64.7 Å². The van der Waals surface area contributed by atoms with E-state index in [4.69, 9.17) is 4.74 Å². The number of carbonyl (C=O) groups is 1. The SMILES string of the molecule is COc1cccc(CCC(=O)NCc2ccc3c(c2)CNC3)c1. The van der Waals surface area contributed by atoms with Crippen LogP contribution in [0, 0.1) is 0 Å². The maximum Gasteiger partial charge on any atom is 0.220 e. The number of amides is 1. The topological polar surface area (TPSA) is 50.4 Å². The van der Waals surface area contributed by atoms with Crippen molar-refractivity contribution in [2.24, 2.45) is 0 Å². The molecule has 0 atom stereocenters. The lowest BCUT2D eigenvalue weighted by atomic mass is 10.1. The van der Waals surface area contributed by atoms with Gasteiger partial charge in [0.2, 0.25) is 5.91 Å². The molecular weight excluding hydrogens is 288 g/mol. The second kappa shape index (κ2) is 7.29. The first kappa shape index (κ1) is 15.6. The highest BCUT2D eigenvalue weighted by molar-refractivity contribution is 5.76. The van der Waals surface area contributed by atoms with Gasteiger partial charge >= 0.3 is 0 Å². The Labute approximate surface area is 136 Å². The molecule has 2 aromatic rings. The largest absolute Gasteiger partial charge is 0.497 e. The molecule has 0 spiro atoms. The van der Waals surface area contributed by atoms with Crippen LogP contribution in [0.2, 0.25) is 0 Å². The molecule has 4 nitrogen and oxygen atoms in total. The Balaban J connectivity index is 1.48. The molecule has 0 fully saturated rings. The molecule has 2 aromatic carbocycles. The third kappa shape index (κ3) is 4.11. The highest BCUT2D eigenvalue weighted by Crippen LogP contribution is 2.17. The molecule has 0 saturated carbocycles. The summed E-state index contributed by atoms with van der Waals surface area (Å²) in [6.07, 6.45) is 1.21. The summed E-state index contributed by atoms with van der Waals surface area (Å²) in [5.74, 6) is 0.904. The Kier molecular flexibility index (Phi) is 4.93. The van der Waals surface area contributed by atoms with E-state index in [-0.39, 0.29) is 5.91 Å². The zero-order valence-electron chi connectivity index (χ0n) is 13.4. The number of aryl methyl sites for hydroxylation is 1. The zero-order chi connectivity index (χ0) is 16.1. The molecule has 23 heavy (non-hydrogen) atoms. The second-order valence-corrected chi connectivity index (χ2v) is 5.83. The first-order chi connectivity index (χ1) is 11.2. The van der Waals surface area contributed by atoms with E-state index in [1.54, 1.807) is 7.11 Å². The minimum atomic E-state index is 0.0754. The van der Waals surface area contributed by atoms with Crippen LogP contribution in [0.25, 0.3) is 0 Å². The summed E-state index contributed by atoms with van der Waals surface area (Å²) < 4.78 is 5.20. The van der Waals surface area contributed by atoms with E-state index in [1.807, 2.05) is 24.3 Å². The molecule has 0 unspecified atom stereocenters. The van der Waals surface area contributed by atoms with Gasteiger partial charge in [0.25, 0.3) is 0 Å². The van der Waals surface area contributed by atoms with Crippen LogP contribution in [0.15, 0.2) is 42.5 Å². The molecule has 1 heterocycles. The van der Waals surface area contributed by atoms with Crippen LogP contribution in [0.5, 0.6) is 5.75 Å². The lowest BCUT2D eigenvalue weighted by Gasteiger charge is -2.08. The molecule has 2 N–H and O–H groups in total. The van der Waals surface area contributed by atoms with Gasteiger partial charge in [-0.25, -0.2) is 0 Å². The minimum absolute atomic E-state index is 0.0754. The number of methoxy groups -OCH3 is 1. The second-order valence-electron chi connectivity index (χ2n) is 5.83. The van der Waals surface area contributed by atoms with Crippen molar-refractivity contribution in [2.45, 2.75) is 32.5 Å². The maximum atomic E-state index is 12.0. The quantitative estimate of drug-likeness (QED) is 0.862. The van der Waals surface area contributed by atoms with E-state index in [1.165, 1.54) is 11.1 Å². The molecule has 0 radical (unpaired) electrons. The molecule has 120 valence electrons. The van der Waals surface area contributed by atoms with Crippen molar-refractivity contribution >= 4 is 5.91 Å². The van der Waals surface area contributed by atoms with Crippen LogP contribution in [0.4, 0.5) is 0 Å². The molecule has 0 aromatic heterocycles. The fourth-order valence-electron chi connectivity index (χ4n) is 2.83. The normalized spacial score (nSPS) is 12.7. The van der Waals surface area contributed by atoms with Crippen molar-refractivity contribution in [3.8, 4) is 5.75 Å². The van der Waals surface area contributed by atoms with Crippen molar-refractivity contribution < 1.29 is 9.53 Å². The maximum absolute atomic E-state index is 12.0. The summed E-state index contributed by atoms with van der Waals surface area (Å²) in [6.45, 7) is 2.46. The van der Waals surface area contributed by atoms with Gasteiger partial charge in [-0.15, -0.1) is 0 Å². The van der Waals surface area contributed by atoms with Gasteiger partial charge in [-0.1, -0.05) is 30.3 Å². The minimum Gasteiger partial charge on any atom is -0.497 e. The number of fused-ring (bicyclic) bond motifs is 1. The molecule has 0 bridgehead atoms.